The van der Waals surface area contributed by atoms with Crippen LogP contribution in [0, 0.1) is 5.92 Å². The average molecular weight is 484 g/mol. The highest BCUT2D eigenvalue weighted by Gasteiger charge is 2.42. The third-order valence-corrected chi connectivity index (χ3v) is 6.94. The van der Waals surface area contributed by atoms with Gasteiger partial charge in [0.15, 0.2) is 0 Å². The number of methoxy groups -OCH3 is 1. The van der Waals surface area contributed by atoms with Crippen LogP contribution >= 0.6 is 11.6 Å². The minimum atomic E-state index is -0.759. The number of ether oxygens (including phenoxy) is 1. The predicted octanol–water partition coefficient (Wildman–Crippen LogP) is 3.42. The van der Waals surface area contributed by atoms with Crippen LogP contribution in [0.4, 0.5) is 11.4 Å². The molecular formula is C25H26ClN3O5. The van der Waals surface area contributed by atoms with Crippen molar-refractivity contribution < 1.29 is 23.9 Å². The van der Waals surface area contributed by atoms with Crippen LogP contribution in [0.3, 0.4) is 0 Å². The van der Waals surface area contributed by atoms with E-state index in [0.717, 1.165) is 5.56 Å². The van der Waals surface area contributed by atoms with Crippen LogP contribution in [-0.2, 0) is 24.6 Å². The molecule has 0 radical (unpaired) electrons. The second-order valence-corrected chi connectivity index (χ2v) is 9.04. The number of piperidine rings is 1. The first-order valence-electron chi connectivity index (χ1n) is 11.2. The molecule has 4 rings (SSSR count). The fraction of sp³-hybridized carbons (Fsp3) is 0.360. The number of anilines is 2. The van der Waals surface area contributed by atoms with Gasteiger partial charge in [0.25, 0.3) is 0 Å². The standard InChI is InChI=1S/C25H26ClN3O5/c1-3-25(11-10-21(30)28-24(25)33)16-4-7-18(8-5-16)27-23(32)15-12-22(31)29(14-15)19-13-17(26)6-9-20(19)34-2/h4-9,13,15H,3,10-12,14H2,1-2H3,(H,27,32)(H,28,30,33). The number of hydrogen-bond donors (Lipinski definition) is 2. The number of imide groups is 1. The summed E-state index contributed by atoms with van der Waals surface area (Å²) in [6.45, 7) is 2.13. The van der Waals surface area contributed by atoms with Crippen molar-refractivity contribution in [3.63, 3.8) is 0 Å². The zero-order valence-electron chi connectivity index (χ0n) is 19.0. The van der Waals surface area contributed by atoms with Gasteiger partial charge in [-0.3, -0.25) is 24.5 Å². The van der Waals surface area contributed by atoms with E-state index in [-0.39, 0.29) is 36.6 Å². The summed E-state index contributed by atoms with van der Waals surface area (Å²) in [5.74, 6) is -1.02. The Morgan fingerprint density at radius 2 is 1.94 bits per heavy atom. The smallest absolute Gasteiger partial charge is 0.237 e. The molecule has 0 aromatic heterocycles. The largest absolute Gasteiger partial charge is 0.495 e. The van der Waals surface area contributed by atoms with Crippen LogP contribution in [-0.4, -0.2) is 37.3 Å². The van der Waals surface area contributed by atoms with Gasteiger partial charge < -0.3 is 15.0 Å². The van der Waals surface area contributed by atoms with Crippen LogP contribution < -0.4 is 20.3 Å². The Labute approximate surface area is 202 Å². The Morgan fingerprint density at radius 1 is 1.21 bits per heavy atom. The molecule has 2 fully saturated rings. The van der Waals surface area contributed by atoms with Gasteiger partial charge in [0.1, 0.15) is 5.75 Å². The van der Waals surface area contributed by atoms with E-state index >= 15 is 0 Å². The zero-order valence-corrected chi connectivity index (χ0v) is 19.8. The molecule has 178 valence electrons. The number of benzene rings is 2. The quantitative estimate of drug-likeness (QED) is 0.612. The molecule has 2 aliphatic rings. The molecule has 2 heterocycles. The Bertz CT molecular complexity index is 1150. The molecule has 0 aliphatic carbocycles. The van der Waals surface area contributed by atoms with Crippen molar-refractivity contribution in [2.75, 3.05) is 23.9 Å². The van der Waals surface area contributed by atoms with E-state index in [2.05, 4.69) is 10.6 Å². The van der Waals surface area contributed by atoms with Crippen LogP contribution in [0.1, 0.15) is 38.2 Å². The van der Waals surface area contributed by atoms with Crippen molar-refractivity contribution in [1.82, 2.24) is 5.32 Å². The lowest BCUT2D eigenvalue weighted by atomic mass is 9.72. The lowest BCUT2D eigenvalue weighted by Crippen LogP contribution is -2.51. The first kappa shape index (κ1) is 23.8. The van der Waals surface area contributed by atoms with E-state index in [4.69, 9.17) is 16.3 Å². The molecule has 0 bridgehead atoms. The maximum absolute atomic E-state index is 12.9. The summed E-state index contributed by atoms with van der Waals surface area (Å²) in [7, 11) is 1.51. The number of hydrogen-bond acceptors (Lipinski definition) is 5. The fourth-order valence-electron chi connectivity index (χ4n) is 4.67. The van der Waals surface area contributed by atoms with E-state index in [1.807, 2.05) is 6.92 Å². The second kappa shape index (κ2) is 9.46. The lowest BCUT2D eigenvalue weighted by Gasteiger charge is -2.35. The van der Waals surface area contributed by atoms with Gasteiger partial charge in [0, 0.05) is 30.1 Å². The molecule has 8 nitrogen and oxygen atoms in total. The maximum Gasteiger partial charge on any atom is 0.237 e. The lowest BCUT2D eigenvalue weighted by molar-refractivity contribution is -0.138. The predicted molar refractivity (Wildman–Crippen MR) is 128 cm³/mol. The van der Waals surface area contributed by atoms with Gasteiger partial charge in [-0.1, -0.05) is 30.7 Å². The van der Waals surface area contributed by atoms with E-state index in [0.29, 0.717) is 41.4 Å². The summed E-state index contributed by atoms with van der Waals surface area (Å²) in [4.78, 5) is 51.2. The zero-order chi connectivity index (χ0) is 24.5. The second-order valence-electron chi connectivity index (χ2n) is 8.60. The Hall–Kier alpha value is -3.39. The summed E-state index contributed by atoms with van der Waals surface area (Å²) in [6.07, 6.45) is 1.38. The Balaban J connectivity index is 1.46. The van der Waals surface area contributed by atoms with Crippen LogP contribution in [0.25, 0.3) is 0 Å². The minimum absolute atomic E-state index is 0.0761. The molecule has 9 heteroatoms. The third-order valence-electron chi connectivity index (χ3n) is 6.70. The summed E-state index contributed by atoms with van der Waals surface area (Å²) >= 11 is 6.10. The first-order chi connectivity index (χ1) is 16.3. The van der Waals surface area contributed by atoms with Gasteiger partial charge in [-0.05, 0) is 48.7 Å². The van der Waals surface area contributed by atoms with Crippen LogP contribution in [0.5, 0.6) is 5.75 Å². The van der Waals surface area contributed by atoms with Crippen LogP contribution in [0.2, 0.25) is 5.02 Å². The summed E-state index contributed by atoms with van der Waals surface area (Å²) in [5, 5.41) is 5.77. The Morgan fingerprint density at radius 3 is 2.59 bits per heavy atom. The van der Waals surface area contributed by atoms with Gasteiger partial charge in [-0.2, -0.15) is 0 Å². The van der Waals surface area contributed by atoms with Crippen molar-refractivity contribution in [3.05, 3.63) is 53.1 Å². The number of carbonyl (C=O) groups excluding carboxylic acids is 4. The normalized spacial score (nSPS) is 22.5. The third kappa shape index (κ3) is 4.37. The molecule has 2 atom stereocenters. The molecular weight excluding hydrogens is 458 g/mol. The van der Waals surface area contributed by atoms with Gasteiger partial charge in [0.05, 0.1) is 24.1 Å². The van der Waals surface area contributed by atoms with Gasteiger partial charge in [-0.25, -0.2) is 0 Å². The van der Waals surface area contributed by atoms with Gasteiger partial charge in [0.2, 0.25) is 23.6 Å². The summed E-state index contributed by atoms with van der Waals surface area (Å²) in [6, 6.07) is 12.1. The minimum Gasteiger partial charge on any atom is -0.495 e. The molecule has 2 saturated heterocycles. The molecule has 2 N–H and O–H groups in total. The van der Waals surface area contributed by atoms with Crippen molar-refractivity contribution >= 4 is 46.6 Å². The van der Waals surface area contributed by atoms with Crippen molar-refractivity contribution in [2.24, 2.45) is 5.92 Å². The van der Waals surface area contributed by atoms with E-state index < -0.39 is 11.3 Å². The highest BCUT2D eigenvalue weighted by molar-refractivity contribution is 6.31. The van der Waals surface area contributed by atoms with E-state index in [9.17, 15) is 19.2 Å². The maximum atomic E-state index is 12.9. The van der Waals surface area contributed by atoms with Gasteiger partial charge in [-0.15, -0.1) is 0 Å². The summed E-state index contributed by atoms with van der Waals surface area (Å²) in [5.41, 5.74) is 1.14. The number of halogens is 1. The molecule has 4 amide bonds. The topological polar surface area (TPSA) is 105 Å². The molecule has 0 saturated carbocycles. The SMILES string of the molecule is CCC1(c2ccc(NC(=O)C3CC(=O)N(c4cc(Cl)ccc4OC)C3)cc2)CCC(=O)NC1=O. The molecule has 2 aromatic carbocycles. The van der Waals surface area contributed by atoms with E-state index in [1.165, 1.54) is 12.0 Å². The average Bonchev–Trinajstić information content (AvgIpc) is 3.22. The highest BCUT2D eigenvalue weighted by atomic mass is 35.5. The van der Waals surface area contributed by atoms with Crippen molar-refractivity contribution in [1.29, 1.82) is 0 Å². The number of rotatable bonds is 6. The van der Waals surface area contributed by atoms with Gasteiger partial charge >= 0.3 is 0 Å². The molecule has 2 aliphatic heterocycles. The summed E-state index contributed by atoms with van der Waals surface area (Å²) < 4.78 is 5.34. The molecule has 2 unspecified atom stereocenters. The number of carbonyl (C=O) groups is 4. The monoisotopic (exact) mass is 483 g/mol. The molecule has 2 aromatic rings. The van der Waals surface area contributed by atoms with E-state index in [1.54, 1.807) is 42.5 Å². The number of nitrogens with zero attached hydrogens (tertiary/aromatic N) is 1. The number of nitrogens with one attached hydrogen (secondary N) is 2. The first-order valence-corrected chi connectivity index (χ1v) is 11.5. The van der Waals surface area contributed by atoms with Crippen molar-refractivity contribution in [3.8, 4) is 5.75 Å². The molecule has 34 heavy (non-hydrogen) atoms. The Kier molecular flexibility index (Phi) is 6.61. The molecule has 0 spiro atoms. The number of amides is 4. The fourth-order valence-corrected chi connectivity index (χ4v) is 4.84. The highest BCUT2D eigenvalue weighted by Crippen LogP contribution is 2.37. The van der Waals surface area contributed by atoms with Crippen molar-refractivity contribution in [2.45, 2.75) is 38.0 Å². The van der Waals surface area contributed by atoms with Crippen LogP contribution in [0.15, 0.2) is 42.5 Å².